The second-order valence-electron chi connectivity index (χ2n) is 4.87. The highest BCUT2D eigenvalue weighted by Gasteiger charge is 2.16. The number of Topliss-reactive ketones (excluding diaryl/α,β-unsaturated/α-hetero) is 1. The summed E-state index contributed by atoms with van der Waals surface area (Å²) in [5.74, 6) is -0.107. The molecule has 0 aliphatic heterocycles. The van der Waals surface area contributed by atoms with Crippen molar-refractivity contribution in [1.29, 1.82) is 0 Å². The van der Waals surface area contributed by atoms with Crippen molar-refractivity contribution in [3.8, 4) is 22.8 Å². The van der Waals surface area contributed by atoms with Crippen LogP contribution >= 0.6 is 11.3 Å². The Kier molecular flexibility index (Phi) is 3.62. The maximum atomic E-state index is 11.4. The number of ketones is 1. The summed E-state index contributed by atoms with van der Waals surface area (Å²) in [6.45, 7) is 0. The zero-order valence-electron chi connectivity index (χ0n) is 11.1. The van der Waals surface area contributed by atoms with Crippen molar-refractivity contribution in [2.45, 2.75) is 18.9 Å². The molecule has 1 aromatic heterocycles. The Labute approximate surface area is 125 Å². The lowest BCUT2D eigenvalue weighted by Gasteiger charge is -2.16. The molecular weight excluding hydrogens is 288 g/mol. The topological polar surface area (TPSA) is 82.5 Å². The molecule has 108 valence electrons. The molecule has 21 heavy (non-hydrogen) atoms. The molecule has 1 aromatic carbocycles. The average Bonchev–Trinajstić information content (AvgIpc) is 2.90. The molecule has 1 atom stereocenters. The second kappa shape index (κ2) is 5.57. The Hall–Kier alpha value is -2.34. The molecule has 0 saturated carbocycles. The highest BCUT2D eigenvalue weighted by molar-refractivity contribution is 7.14. The number of phenolic OH excluding ortho intramolecular Hbond substituents is 2. The smallest absolute Gasteiger partial charge is 0.183 e. The first-order chi connectivity index (χ1) is 10.1. The predicted molar refractivity (Wildman–Crippen MR) is 81.7 cm³/mol. The average molecular weight is 302 g/mol. The highest BCUT2D eigenvalue weighted by atomic mass is 32.1. The van der Waals surface area contributed by atoms with E-state index >= 15 is 0 Å². The van der Waals surface area contributed by atoms with Crippen LogP contribution in [0.3, 0.4) is 0 Å². The second-order valence-corrected chi connectivity index (χ2v) is 5.73. The van der Waals surface area contributed by atoms with Gasteiger partial charge in [0.2, 0.25) is 0 Å². The van der Waals surface area contributed by atoms with Gasteiger partial charge in [-0.1, -0.05) is 12.2 Å². The number of nitrogens with one attached hydrogen (secondary N) is 1. The van der Waals surface area contributed by atoms with E-state index in [1.54, 1.807) is 6.07 Å². The predicted octanol–water partition coefficient (Wildman–Crippen LogP) is 2.92. The Morgan fingerprint density at radius 1 is 1.29 bits per heavy atom. The normalized spacial score (nSPS) is 17.9. The van der Waals surface area contributed by atoms with Gasteiger partial charge in [0.05, 0.1) is 11.7 Å². The summed E-state index contributed by atoms with van der Waals surface area (Å²) in [7, 11) is 0. The third kappa shape index (κ3) is 3.05. The van der Waals surface area contributed by atoms with Crippen molar-refractivity contribution in [2.24, 2.45) is 0 Å². The third-order valence-corrected chi connectivity index (χ3v) is 4.02. The highest BCUT2D eigenvalue weighted by Crippen LogP contribution is 2.32. The van der Waals surface area contributed by atoms with E-state index in [2.05, 4.69) is 10.3 Å². The number of anilines is 1. The molecule has 3 rings (SSSR count). The number of aromatic nitrogens is 1. The summed E-state index contributed by atoms with van der Waals surface area (Å²) in [4.78, 5) is 15.8. The lowest BCUT2D eigenvalue weighted by atomic mass is 10.0. The zero-order chi connectivity index (χ0) is 14.8. The fraction of sp³-hybridized carbons (Fsp3) is 0.200. The molecular formula is C15H14N2O3S. The molecule has 0 radical (unpaired) electrons. The number of thiazole rings is 1. The van der Waals surface area contributed by atoms with Gasteiger partial charge in [0.1, 0.15) is 5.78 Å². The molecule has 0 spiro atoms. The van der Waals surface area contributed by atoms with E-state index < -0.39 is 0 Å². The quantitative estimate of drug-likeness (QED) is 0.600. The first-order valence-electron chi connectivity index (χ1n) is 6.54. The summed E-state index contributed by atoms with van der Waals surface area (Å²) >= 11 is 1.44. The molecule has 1 aliphatic carbocycles. The lowest BCUT2D eigenvalue weighted by molar-refractivity contribution is -0.118. The number of rotatable bonds is 3. The van der Waals surface area contributed by atoms with E-state index in [1.807, 2.05) is 17.5 Å². The van der Waals surface area contributed by atoms with Gasteiger partial charge in [-0.2, -0.15) is 0 Å². The molecule has 0 fully saturated rings. The van der Waals surface area contributed by atoms with Gasteiger partial charge in [-0.15, -0.1) is 11.3 Å². The summed E-state index contributed by atoms with van der Waals surface area (Å²) in [6.07, 6.45) is 4.84. The van der Waals surface area contributed by atoms with Crippen LogP contribution in [0.5, 0.6) is 11.5 Å². The molecule has 5 nitrogen and oxygen atoms in total. The minimum absolute atomic E-state index is 0.0153. The molecule has 0 saturated heterocycles. The van der Waals surface area contributed by atoms with Crippen LogP contribution in [0.15, 0.2) is 35.7 Å². The van der Waals surface area contributed by atoms with Gasteiger partial charge < -0.3 is 15.5 Å². The number of carbonyl (C=O) groups excluding carboxylic acids is 1. The Balaban J connectivity index is 1.76. The van der Waals surface area contributed by atoms with Gasteiger partial charge in [-0.25, -0.2) is 4.98 Å². The minimum atomic E-state index is -0.171. The SMILES string of the molecule is O=C1CC=CC(Nc2nc(-c3ccc(O)c(O)c3)cs2)C1. The summed E-state index contributed by atoms with van der Waals surface area (Å²) in [5, 5.41) is 24.6. The summed E-state index contributed by atoms with van der Waals surface area (Å²) in [5.41, 5.74) is 1.44. The maximum absolute atomic E-state index is 11.4. The first-order valence-corrected chi connectivity index (χ1v) is 7.42. The minimum Gasteiger partial charge on any atom is -0.504 e. The fourth-order valence-electron chi connectivity index (χ4n) is 2.17. The fourth-order valence-corrected chi connectivity index (χ4v) is 2.96. The monoisotopic (exact) mass is 302 g/mol. The third-order valence-electron chi connectivity index (χ3n) is 3.25. The first kappa shape index (κ1) is 13.6. The number of benzene rings is 1. The summed E-state index contributed by atoms with van der Waals surface area (Å²) < 4.78 is 0. The lowest BCUT2D eigenvalue weighted by Crippen LogP contribution is -2.23. The van der Waals surface area contributed by atoms with E-state index in [1.165, 1.54) is 23.5 Å². The van der Waals surface area contributed by atoms with Crippen LogP contribution in [-0.4, -0.2) is 27.0 Å². The molecule has 6 heteroatoms. The van der Waals surface area contributed by atoms with Gasteiger partial charge in [0, 0.05) is 23.8 Å². The van der Waals surface area contributed by atoms with Gasteiger partial charge in [-0.3, -0.25) is 4.79 Å². The van der Waals surface area contributed by atoms with Gasteiger partial charge in [-0.05, 0) is 18.2 Å². The number of nitrogens with zero attached hydrogens (tertiary/aromatic N) is 1. The molecule has 1 aliphatic rings. The largest absolute Gasteiger partial charge is 0.504 e. The van der Waals surface area contributed by atoms with Crippen LogP contribution < -0.4 is 5.32 Å². The van der Waals surface area contributed by atoms with E-state index in [0.717, 1.165) is 10.7 Å². The number of carbonyl (C=O) groups is 1. The van der Waals surface area contributed by atoms with E-state index in [4.69, 9.17) is 0 Å². The molecule has 0 amide bonds. The van der Waals surface area contributed by atoms with Crippen molar-refractivity contribution in [2.75, 3.05) is 5.32 Å². The standard InChI is InChI=1S/C15H14N2O3S/c18-11-3-1-2-10(7-11)16-15-17-12(8-21-15)9-4-5-13(19)14(20)6-9/h1-2,4-6,8,10,19-20H,3,7H2,(H,16,17). The van der Waals surface area contributed by atoms with Crippen molar-refractivity contribution in [1.82, 2.24) is 4.98 Å². The van der Waals surface area contributed by atoms with Crippen molar-refractivity contribution < 1.29 is 15.0 Å². The molecule has 0 bridgehead atoms. The van der Waals surface area contributed by atoms with Gasteiger partial charge in [0.15, 0.2) is 16.6 Å². The molecule has 1 unspecified atom stereocenters. The molecule has 3 N–H and O–H groups in total. The number of hydrogen-bond donors (Lipinski definition) is 3. The van der Waals surface area contributed by atoms with E-state index in [0.29, 0.717) is 18.5 Å². The number of phenols is 2. The van der Waals surface area contributed by atoms with Crippen molar-refractivity contribution >= 4 is 22.3 Å². The number of allylic oxidation sites excluding steroid dienone is 1. The Morgan fingerprint density at radius 3 is 2.90 bits per heavy atom. The van der Waals surface area contributed by atoms with Crippen LogP contribution in [0.4, 0.5) is 5.13 Å². The zero-order valence-corrected chi connectivity index (χ0v) is 11.9. The number of aromatic hydroxyl groups is 2. The Morgan fingerprint density at radius 2 is 2.14 bits per heavy atom. The maximum Gasteiger partial charge on any atom is 0.183 e. The Bertz CT molecular complexity index is 709. The summed E-state index contributed by atoms with van der Waals surface area (Å²) in [6, 6.07) is 4.58. The van der Waals surface area contributed by atoms with Gasteiger partial charge in [0.25, 0.3) is 0 Å². The van der Waals surface area contributed by atoms with Crippen molar-refractivity contribution in [3.63, 3.8) is 0 Å². The number of hydrogen-bond acceptors (Lipinski definition) is 6. The van der Waals surface area contributed by atoms with Crippen LogP contribution in [-0.2, 0) is 4.79 Å². The molecule has 1 heterocycles. The van der Waals surface area contributed by atoms with Crippen LogP contribution in [0, 0.1) is 0 Å². The van der Waals surface area contributed by atoms with Crippen LogP contribution in [0.2, 0.25) is 0 Å². The van der Waals surface area contributed by atoms with Gasteiger partial charge >= 0.3 is 0 Å². The van der Waals surface area contributed by atoms with Crippen LogP contribution in [0.25, 0.3) is 11.3 Å². The van der Waals surface area contributed by atoms with E-state index in [-0.39, 0.29) is 23.3 Å². The van der Waals surface area contributed by atoms with Crippen molar-refractivity contribution in [3.05, 3.63) is 35.7 Å². The van der Waals surface area contributed by atoms with E-state index in [9.17, 15) is 15.0 Å². The molecule has 2 aromatic rings. The van der Waals surface area contributed by atoms with Crippen LogP contribution in [0.1, 0.15) is 12.8 Å².